The van der Waals surface area contributed by atoms with Crippen LogP contribution in [-0.2, 0) is 6.54 Å². The number of likely N-dealkylation sites (tertiary alicyclic amines) is 1. The average Bonchev–Trinajstić information content (AvgIpc) is 2.86. The van der Waals surface area contributed by atoms with E-state index in [1.807, 2.05) is 6.92 Å². The van der Waals surface area contributed by atoms with Crippen molar-refractivity contribution in [3.05, 3.63) is 41.6 Å². The number of hydrogen-bond donors (Lipinski definition) is 1. The van der Waals surface area contributed by atoms with Crippen molar-refractivity contribution in [1.29, 1.82) is 0 Å². The predicted octanol–water partition coefficient (Wildman–Crippen LogP) is 2.75. The van der Waals surface area contributed by atoms with Crippen LogP contribution in [0.15, 0.2) is 30.3 Å². The molecule has 1 atom stereocenters. The summed E-state index contributed by atoms with van der Waals surface area (Å²) in [5.74, 6) is 0.685. The standard InChI is InChI=1S/C16H21N3.ClH/c1-12-2-4-15-8-13(3-5-16(15)18-12)10-19-7-6-14(9-17)11-19;/h2-5,8,14H,6-7,9-11,17H2,1H3;1H. The predicted molar refractivity (Wildman–Crippen MR) is 86.2 cm³/mol. The van der Waals surface area contributed by atoms with Crippen LogP contribution in [0.2, 0.25) is 0 Å². The number of aryl methyl sites for hydroxylation is 1. The topological polar surface area (TPSA) is 42.1 Å². The van der Waals surface area contributed by atoms with Crippen molar-refractivity contribution in [3.8, 4) is 0 Å². The molecule has 0 spiro atoms. The fraction of sp³-hybridized carbons (Fsp3) is 0.438. The fourth-order valence-corrected chi connectivity index (χ4v) is 2.88. The lowest BCUT2D eigenvalue weighted by atomic mass is 10.1. The van der Waals surface area contributed by atoms with Gasteiger partial charge in [-0.1, -0.05) is 12.1 Å². The number of pyridine rings is 1. The largest absolute Gasteiger partial charge is 0.330 e. The SMILES string of the molecule is Cc1ccc2cc(CN3CCC(CN)C3)ccc2n1.Cl. The van der Waals surface area contributed by atoms with Crippen LogP contribution in [0.1, 0.15) is 17.7 Å². The summed E-state index contributed by atoms with van der Waals surface area (Å²) in [6.07, 6.45) is 1.24. The first-order valence-electron chi connectivity index (χ1n) is 7.03. The first-order chi connectivity index (χ1) is 9.24. The number of aromatic nitrogens is 1. The van der Waals surface area contributed by atoms with E-state index in [1.165, 1.54) is 23.9 Å². The normalized spacial score (nSPS) is 19.2. The van der Waals surface area contributed by atoms with E-state index in [0.717, 1.165) is 30.8 Å². The van der Waals surface area contributed by atoms with Gasteiger partial charge < -0.3 is 5.73 Å². The zero-order valence-corrected chi connectivity index (χ0v) is 12.7. The van der Waals surface area contributed by atoms with Gasteiger partial charge in [-0.2, -0.15) is 0 Å². The molecule has 0 radical (unpaired) electrons. The summed E-state index contributed by atoms with van der Waals surface area (Å²) in [6.45, 7) is 6.19. The van der Waals surface area contributed by atoms with E-state index < -0.39 is 0 Å². The van der Waals surface area contributed by atoms with E-state index in [9.17, 15) is 0 Å². The molecule has 3 rings (SSSR count). The highest BCUT2D eigenvalue weighted by Crippen LogP contribution is 2.20. The number of hydrogen-bond acceptors (Lipinski definition) is 3. The van der Waals surface area contributed by atoms with E-state index in [1.54, 1.807) is 0 Å². The molecular formula is C16H22ClN3. The van der Waals surface area contributed by atoms with Gasteiger partial charge in [0, 0.05) is 24.2 Å². The summed E-state index contributed by atoms with van der Waals surface area (Å²) in [4.78, 5) is 7.04. The van der Waals surface area contributed by atoms with Crippen LogP contribution in [0, 0.1) is 12.8 Å². The fourth-order valence-electron chi connectivity index (χ4n) is 2.88. The molecule has 20 heavy (non-hydrogen) atoms. The summed E-state index contributed by atoms with van der Waals surface area (Å²) >= 11 is 0. The Kier molecular flexibility index (Phi) is 4.97. The third-order valence-corrected chi connectivity index (χ3v) is 4.00. The second-order valence-electron chi connectivity index (χ2n) is 5.61. The van der Waals surface area contributed by atoms with Gasteiger partial charge in [-0.3, -0.25) is 9.88 Å². The third kappa shape index (κ3) is 3.29. The van der Waals surface area contributed by atoms with Crippen LogP contribution >= 0.6 is 12.4 Å². The van der Waals surface area contributed by atoms with E-state index in [2.05, 4.69) is 40.2 Å². The summed E-state index contributed by atoms with van der Waals surface area (Å²) in [5, 5.41) is 1.23. The molecule has 1 aromatic heterocycles. The van der Waals surface area contributed by atoms with Crippen molar-refractivity contribution >= 4 is 23.3 Å². The molecule has 1 fully saturated rings. The molecule has 1 saturated heterocycles. The Morgan fingerprint density at radius 2 is 2.15 bits per heavy atom. The van der Waals surface area contributed by atoms with E-state index in [0.29, 0.717) is 5.92 Å². The van der Waals surface area contributed by atoms with Crippen LogP contribution in [0.5, 0.6) is 0 Å². The third-order valence-electron chi connectivity index (χ3n) is 4.00. The highest BCUT2D eigenvalue weighted by atomic mass is 35.5. The lowest BCUT2D eigenvalue weighted by Crippen LogP contribution is -2.22. The molecular weight excluding hydrogens is 270 g/mol. The molecule has 4 heteroatoms. The molecule has 0 saturated carbocycles. The Morgan fingerprint density at radius 1 is 1.30 bits per heavy atom. The average molecular weight is 292 g/mol. The van der Waals surface area contributed by atoms with E-state index in [4.69, 9.17) is 5.73 Å². The number of benzene rings is 1. The highest BCUT2D eigenvalue weighted by Gasteiger charge is 2.20. The second-order valence-corrected chi connectivity index (χ2v) is 5.61. The van der Waals surface area contributed by atoms with Gasteiger partial charge in [0.1, 0.15) is 0 Å². The second kappa shape index (κ2) is 6.53. The molecule has 1 aliphatic rings. The molecule has 1 aliphatic heterocycles. The van der Waals surface area contributed by atoms with Gasteiger partial charge >= 0.3 is 0 Å². The summed E-state index contributed by atoms with van der Waals surface area (Å²) < 4.78 is 0. The maximum atomic E-state index is 5.74. The first kappa shape index (κ1) is 15.2. The molecule has 1 aromatic carbocycles. The van der Waals surface area contributed by atoms with Gasteiger partial charge in [0.2, 0.25) is 0 Å². The van der Waals surface area contributed by atoms with Crippen molar-refractivity contribution in [2.24, 2.45) is 11.7 Å². The van der Waals surface area contributed by atoms with Crippen LogP contribution in [0.4, 0.5) is 0 Å². The Hall–Kier alpha value is -1.16. The smallest absolute Gasteiger partial charge is 0.0705 e. The van der Waals surface area contributed by atoms with Crippen LogP contribution in [-0.4, -0.2) is 29.5 Å². The minimum absolute atomic E-state index is 0. The van der Waals surface area contributed by atoms with Gasteiger partial charge in [0.15, 0.2) is 0 Å². The zero-order chi connectivity index (χ0) is 13.2. The van der Waals surface area contributed by atoms with Crippen molar-refractivity contribution < 1.29 is 0 Å². The molecule has 1 unspecified atom stereocenters. The summed E-state index contributed by atoms with van der Waals surface area (Å²) in [6, 6.07) is 10.8. The molecule has 108 valence electrons. The Morgan fingerprint density at radius 3 is 2.90 bits per heavy atom. The monoisotopic (exact) mass is 291 g/mol. The van der Waals surface area contributed by atoms with E-state index in [-0.39, 0.29) is 12.4 Å². The Balaban J connectivity index is 0.00000147. The number of halogens is 1. The molecule has 2 N–H and O–H groups in total. The quantitative estimate of drug-likeness (QED) is 0.945. The summed E-state index contributed by atoms with van der Waals surface area (Å²) in [7, 11) is 0. The molecule has 2 heterocycles. The van der Waals surface area contributed by atoms with Crippen molar-refractivity contribution in [3.63, 3.8) is 0 Å². The van der Waals surface area contributed by atoms with Gasteiger partial charge in [-0.25, -0.2) is 0 Å². The minimum atomic E-state index is 0. The molecule has 0 amide bonds. The Bertz CT molecular complexity index is 585. The van der Waals surface area contributed by atoms with Gasteiger partial charge in [-0.15, -0.1) is 12.4 Å². The lowest BCUT2D eigenvalue weighted by molar-refractivity contribution is 0.318. The van der Waals surface area contributed by atoms with Gasteiger partial charge in [0.05, 0.1) is 5.52 Å². The number of nitrogens with two attached hydrogens (primary N) is 1. The number of rotatable bonds is 3. The van der Waals surface area contributed by atoms with Crippen LogP contribution in [0.25, 0.3) is 10.9 Å². The van der Waals surface area contributed by atoms with Crippen LogP contribution in [0.3, 0.4) is 0 Å². The zero-order valence-electron chi connectivity index (χ0n) is 11.9. The molecule has 3 nitrogen and oxygen atoms in total. The van der Waals surface area contributed by atoms with Gasteiger partial charge in [-0.05, 0) is 56.1 Å². The Labute approximate surface area is 126 Å². The van der Waals surface area contributed by atoms with E-state index >= 15 is 0 Å². The van der Waals surface area contributed by atoms with Crippen LogP contribution < -0.4 is 5.73 Å². The number of nitrogens with zero attached hydrogens (tertiary/aromatic N) is 2. The molecule has 0 aliphatic carbocycles. The molecule has 2 aromatic rings. The first-order valence-corrected chi connectivity index (χ1v) is 7.03. The number of fused-ring (bicyclic) bond motifs is 1. The van der Waals surface area contributed by atoms with Crippen molar-refractivity contribution in [2.75, 3.05) is 19.6 Å². The van der Waals surface area contributed by atoms with Crippen molar-refractivity contribution in [2.45, 2.75) is 19.9 Å². The van der Waals surface area contributed by atoms with Crippen molar-refractivity contribution in [1.82, 2.24) is 9.88 Å². The minimum Gasteiger partial charge on any atom is -0.330 e. The lowest BCUT2D eigenvalue weighted by Gasteiger charge is -2.16. The summed E-state index contributed by atoms with van der Waals surface area (Å²) in [5.41, 5.74) is 9.28. The molecule has 0 bridgehead atoms. The maximum Gasteiger partial charge on any atom is 0.0705 e. The maximum absolute atomic E-state index is 5.74. The highest BCUT2D eigenvalue weighted by molar-refractivity contribution is 5.85. The van der Waals surface area contributed by atoms with Gasteiger partial charge in [0.25, 0.3) is 0 Å².